The summed E-state index contributed by atoms with van der Waals surface area (Å²) in [6, 6.07) is 0.481. The highest BCUT2D eigenvalue weighted by molar-refractivity contribution is 4.85. The van der Waals surface area contributed by atoms with E-state index in [0.717, 1.165) is 32.2 Å². The van der Waals surface area contributed by atoms with E-state index in [1.807, 2.05) is 6.08 Å². The van der Waals surface area contributed by atoms with E-state index >= 15 is 0 Å². The molecule has 1 rings (SSSR count). The van der Waals surface area contributed by atoms with Gasteiger partial charge < -0.3 is 10.4 Å². The standard InChI is InChI=1S/C13H25NO/c1-3-4-8-12(2)14-11-13(15)9-6-5-7-10-13/h3,12,14-15H,1,4-11H2,2H3. The summed E-state index contributed by atoms with van der Waals surface area (Å²) < 4.78 is 0. The van der Waals surface area contributed by atoms with Crippen molar-refractivity contribution in [3.05, 3.63) is 12.7 Å². The van der Waals surface area contributed by atoms with Gasteiger partial charge in [0.05, 0.1) is 5.60 Å². The van der Waals surface area contributed by atoms with Crippen LogP contribution in [0.25, 0.3) is 0 Å². The van der Waals surface area contributed by atoms with Crippen molar-refractivity contribution in [3.63, 3.8) is 0 Å². The van der Waals surface area contributed by atoms with Crippen LogP contribution in [0.5, 0.6) is 0 Å². The van der Waals surface area contributed by atoms with Crippen molar-refractivity contribution >= 4 is 0 Å². The predicted octanol–water partition coefficient (Wildman–Crippen LogP) is 2.63. The summed E-state index contributed by atoms with van der Waals surface area (Å²) in [6.45, 7) is 6.65. The number of aliphatic hydroxyl groups is 1. The Balaban J connectivity index is 2.19. The van der Waals surface area contributed by atoms with Crippen LogP contribution in [-0.2, 0) is 0 Å². The maximum Gasteiger partial charge on any atom is 0.0771 e. The fourth-order valence-corrected chi connectivity index (χ4v) is 2.22. The number of hydrogen-bond donors (Lipinski definition) is 2. The average Bonchev–Trinajstić information content (AvgIpc) is 2.25. The highest BCUT2D eigenvalue weighted by Crippen LogP contribution is 2.27. The molecule has 0 aromatic heterocycles. The van der Waals surface area contributed by atoms with Crippen molar-refractivity contribution in [2.24, 2.45) is 0 Å². The molecule has 0 bridgehead atoms. The third-order valence-corrected chi connectivity index (χ3v) is 3.37. The van der Waals surface area contributed by atoms with Crippen LogP contribution >= 0.6 is 0 Å². The van der Waals surface area contributed by atoms with Crippen LogP contribution < -0.4 is 5.32 Å². The zero-order chi connectivity index (χ0) is 11.1. The second-order valence-corrected chi connectivity index (χ2v) is 4.93. The van der Waals surface area contributed by atoms with Gasteiger partial charge in [0, 0.05) is 12.6 Å². The summed E-state index contributed by atoms with van der Waals surface area (Å²) in [6.07, 6.45) is 9.69. The fraction of sp³-hybridized carbons (Fsp3) is 0.846. The summed E-state index contributed by atoms with van der Waals surface area (Å²) >= 11 is 0. The quantitative estimate of drug-likeness (QED) is 0.662. The first-order valence-electron chi connectivity index (χ1n) is 6.23. The van der Waals surface area contributed by atoms with Gasteiger partial charge in [-0.05, 0) is 32.6 Å². The normalized spacial score (nSPS) is 22.3. The smallest absolute Gasteiger partial charge is 0.0771 e. The molecule has 0 aromatic carbocycles. The van der Waals surface area contributed by atoms with Gasteiger partial charge in [-0.25, -0.2) is 0 Å². The first-order chi connectivity index (χ1) is 7.16. The minimum Gasteiger partial charge on any atom is -0.389 e. The van der Waals surface area contributed by atoms with E-state index in [1.165, 1.54) is 19.3 Å². The highest BCUT2D eigenvalue weighted by atomic mass is 16.3. The van der Waals surface area contributed by atoms with Crippen molar-refractivity contribution in [2.75, 3.05) is 6.54 Å². The molecule has 1 aliphatic carbocycles. The molecule has 0 aromatic rings. The number of nitrogens with one attached hydrogen (secondary N) is 1. The minimum atomic E-state index is -0.430. The SMILES string of the molecule is C=CCCC(C)NCC1(O)CCCCC1. The van der Waals surface area contributed by atoms with Gasteiger partial charge in [-0.15, -0.1) is 6.58 Å². The molecule has 2 N–H and O–H groups in total. The van der Waals surface area contributed by atoms with Crippen molar-refractivity contribution in [1.29, 1.82) is 0 Å². The predicted molar refractivity (Wildman–Crippen MR) is 64.9 cm³/mol. The van der Waals surface area contributed by atoms with Gasteiger partial charge in [-0.1, -0.05) is 25.3 Å². The molecular weight excluding hydrogens is 186 g/mol. The minimum absolute atomic E-state index is 0.430. The lowest BCUT2D eigenvalue weighted by Gasteiger charge is -2.33. The average molecular weight is 211 g/mol. The van der Waals surface area contributed by atoms with Gasteiger partial charge in [0.25, 0.3) is 0 Å². The Bertz CT molecular complexity index is 185. The number of rotatable bonds is 6. The summed E-state index contributed by atoms with van der Waals surface area (Å²) in [5.74, 6) is 0. The zero-order valence-corrected chi connectivity index (χ0v) is 9.97. The second kappa shape index (κ2) is 6.29. The van der Waals surface area contributed by atoms with Crippen molar-refractivity contribution in [2.45, 2.75) is 63.5 Å². The van der Waals surface area contributed by atoms with Crippen LogP contribution in [0, 0.1) is 0 Å². The first kappa shape index (κ1) is 12.7. The zero-order valence-electron chi connectivity index (χ0n) is 9.97. The molecule has 15 heavy (non-hydrogen) atoms. The lowest BCUT2D eigenvalue weighted by molar-refractivity contribution is 0.00289. The Morgan fingerprint density at radius 2 is 2.07 bits per heavy atom. The third kappa shape index (κ3) is 4.80. The van der Waals surface area contributed by atoms with E-state index in [-0.39, 0.29) is 0 Å². The molecule has 0 aliphatic heterocycles. The molecule has 1 aliphatic rings. The molecule has 0 radical (unpaired) electrons. The molecule has 0 amide bonds. The van der Waals surface area contributed by atoms with E-state index < -0.39 is 5.60 Å². The van der Waals surface area contributed by atoms with Gasteiger partial charge in [-0.2, -0.15) is 0 Å². The number of hydrogen-bond acceptors (Lipinski definition) is 2. The first-order valence-corrected chi connectivity index (χ1v) is 6.23. The molecule has 1 unspecified atom stereocenters. The molecule has 1 saturated carbocycles. The molecule has 1 atom stereocenters. The van der Waals surface area contributed by atoms with E-state index in [1.54, 1.807) is 0 Å². The highest BCUT2D eigenvalue weighted by Gasteiger charge is 2.28. The van der Waals surface area contributed by atoms with E-state index in [0.29, 0.717) is 6.04 Å². The van der Waals surface area contributed by atoms with Gasteiger partial charge in [-0.3, -0.25) is 0 Å². The summed E-state index contributed by atoms with van der Waals surface area (Å²) in [7, 11) is 0. The van der Waals surface area contributed by atoms with E-state index in [2.05, 4.69) is 18.8 Å². The van der Waals surface area contributed by atoms with Crippen LogP contribution in [0.2, 0.25) is 0 Å². The Labute approximate surface area is 93.8 Å². The van der Waals surface area contributed by atoms with Crippen LogP contribution in [0.1, 0.15) is 51.9 Å². The molecule has 2 heteroatoms. The Kier molecular flexibility index (Phi) is 5.34. The van der Waals surface area contributed by atoms with Crippen molar-refractivity contribution < 1.29 is 5.11 Å². The van der Waals surface area contributed by atoms with Crippen LogP contribution in [0.3, 0.4) is 0 Å². The van der Waals surface area contributed by atoms with Crippen LogP contribution in [-0.4, -0.2) is 23.3 Å². The fourth-order valence-electron chi connectivity index (χ4n) is 2.22. The van der Waals surface area contributed by atoms with Gasteiger partial charge in [0.1, 0.15) is 0 Å². The Morgan fingerprint density at radius 1 is 1.40 bits per heavy atom. The van der Waals surface area contributed by atoms with Gasteiger partial charge >= 0.3 is 0 Å². The van der Waals surface area contributed by atoms with E-state index in [4.69, 9.17) is 0 Å². The lowest BCUT2D eigenvalue weighted by atomic mass is 9.84. The summed E-state index contributed by atoms with van der Waals surface area (Å²) in [4.78, 5) is 0. The topological polar surface area (TPSA) is 32.3 Å². The summed E-state index contributed by atoms with van der Waals surface area (Å²) in [5.41, 5.74) is -0.430. The molecule has 0 heterocycles. The van der Waals surface area contributed by atoms with Crippen LogP contribution in [0.4, 0.5) is 0 Å². The molecule has 0 saturated heterocycles. The lowest BCUT2D eigenvalue weighted by Crippen LogP contribution is -2.44. The van der Waals surface area contributed by atoms with Gasteiger partial charge in [0.2, 0.25) is 0 Å². The third-order valence-electron chi connectivity index (χ3n) is 3.37. The molecule has 1 fully saturated rings. The second-order valence-electron chi connectivity index (χ2n) is 4.93. The van der Waals surface area contributed by atoms with Gasteiger partial charge in [0.15, 0.2) is 0 Å². The van der Waals surface area contributed by atoms with Crippen LogP contribution in [0.15, 0.2) is 12.7 Å². The number of allylic oxidation sites excluding steroid dienone is 1. The maximum atomic E-state index is 10.3. The van der Waals surface area contributed by atoms with Crippen molar-refractivity contribution in [3.8, 4) is 0 Å². The molecule has 2 nitrogen and oxygen atoms in total. The Morgan fingerprint density at radius 3 is 2.67 bits per heavy atom. The van der Waals surface area contributed by atoms with Crippen molar-refractivity contribution in [1.82, 2.24) is 5.32 Å². The monoisotopic (exact) mass is 211 g/mol. The Hall–Kier alpha value is -0.340. The van der Waals surface area contributed by atoms with E-state index in [9.17, 15) is 5.11 Å². The molecule has 0 spiro atoms. The summed E-state index contributed by atoms with van der Waals surface area (Å²) in [5, 5.41) is 13.7. The largest absolute Gasteiger partial charge is 0.389 e. The molecular formula is C13H25NO. The maximum absolute atomic E-state index is 10.3. The molecule has 88 valence electrons.